The summed E-state index contributed by atoms with van der Waals surface area (Å²) in [5.74, 6) is 0. The summed E-state index contributed by atoms with van der Waals surface area (Å²) in [4.78, 5) is 19.8. The second kappa shape index (κ2) is 12.6. The molecule has 0 radical (unpaired) electrons. The van der Waals surface area contributed by atoms with Gasteiger partial charge in [0.15, 0.2) is 0 Å². The maximum atomic E-state index is 5.21. The van der Waals surface area contributed by atoms with Crippen molar-refractivity contribution >= 4 is 75.9 Å². The molecule has 0 saturated carbocycles. The van der Waals surface area contributed by atoms with E-state index in [1.54, 1.807) is 0 Å². The summed E-state index contributed by atoms with van der Waals surface area (Å²) in [5.41, 5.74) is 15.3. The van der Waals surface area contributed by atoms with Crippen LogP contribution in [-0.2, 0) is 5.41 Å². The van der Waals surface area contributed by atoms with Gasteiger partial charge in [-0.2, -0.15) is 0 Å². The number of pyridine rings is 4. The molecule has 4 heterocycles. The molecule has 12 aromatic rings. The van der Waals surface area contributed by atoms with Crippen molar-refractivity contribution in [3.8, 4) is 44.8 Å². The molecule has 4 nitrogen and oxygen atoms in total. The number of fused-ring (bicyclic) bond motifs is 15. The number of hydrogen-bond donors (Lipinski definition) is 0. The number of rotatable bonds is 3. The number of hydrogen-bond acceptors (Lipinski definition) is 4. The molecule has 8 aromatic carbocycles. The summed E-state index contributed by atoms with van der Waals surface area (Å²) in [7, 11) is 0. The quantitative estimate of drug-likeness (QED) is 0.168. The molecule has 284 valence electrons. The molecule has 61 heavy (non-hydrogen) atoms. The van der Waals surface area contributed by atoms with Crippen molar-refractivity contribution < 1.29 is 0 Å². The molecule has 4 heteroatoms. The zero-order chi connectivity index (χ0) is 40.4. The van der Waals surface area contributed by atoms with Gasteiger partial charge in [0, 0.05) is 50.5 Å². The van der Waals surface area contributed by atoms with Crippen molar-refractivity contribution in [2.45, 2.75) is 19.3 Å². The maximum absolute atomic E-state index is 5.21. The lowest BCUT2D eigenvalue weighted by Gasteiger charge is -2.22. The fraction of sp³-hybridized carbons (Fsp3) is 0.0526. The van der Waals surface area contributed by atoms with Crippen LogP contribution in [0.1, 0.15) is 25.0 Å². The number of benzene rings is 8. The lowest BCUT2D eigenvalue weighted by atomic mass is 9.81. The van der Waals surface area contributed by atoms with Crippen molar-refractivity contribution in [3.05, 3.63) is 193 Å². The van der Waals surface area contributed by atoms with Crippen molar-refractivity contribution in [2.75, 3.05) is 0 Å². The molecule has 0 N–H and O–H groups in total. The monoisotopic (exact) mass is 776 g/mol. The molecule has 0 spiro atoms. The van der Waals surface area contributed by atoms with Gasteiger partial charge in [0.1, 0.15) is 0 Å². The fourth-order valence-electron chi connectivity index (χ4n) is 10.2. The minimum atomic E-state index is -0.172. The highest BCUT2D eigenvalue weighted by Crippen LogP contribution is 2.52. The standard InChI is InChI=1S/C57H36N4/c1-57(2)49-23-19-38(37-8-5-9-39(28-37)51-24-20-35-16-14-33-10-6-26-58-53(33)55(35)60-51)29-47(49)48-31-45-42-13-4-3-12-41(42)44-30-40(18-22-43(44)46(45)32-50(48)57)52-25-21-36-17-15-34-11-7-27-59-54(34)56(36)61-52/h3-32H,1-2H3. The predicted molar refractivity (Wildman–Crippen MR) is 254 cm³/mol. The fourth-order valence-corrected chi connectivity index (χ4v) is 10.2. The minimum Gasteiger partial charge on any atom is -0.254 e. The highest BCUT2D eigenvalue weighted by Gasteiger charge is 2.36. The Labute approximate surface area is 351 Å². The van der Waals surface area contributed by atoms with Crippen LogP contribution in [0, 0.1) is 0 Å². The van der Waals surface area contributed by atoms with Gasteiger partial charge in [-0.25, -0.2) is 9.97 Å². The van der Waals surface area contributed by atoms with E-state index in [0.29, 0.717) is 0 Å². The average Bonchev–Trinajstić information content (AvgIpc) is 3.54. The Bertz CT molecular complexity index is 3860. The Morgan fingerprint density at radius 2 is 0.836 bits per heavy atom. The van der Waals surface area contributed by atoms with Crippen LogP contribution in [0.3, 0.4) is 0 Å². The van der Waals surface area contributed by atoms with Crippen molar-refractivity contribution in [3.63, 3.8) is 0 Å². The van der Waals surface area contributed by atoms with Gasteiger partial charge in [0.25, 0.3) is 0 Å². The van der Waals surface area contributed by atoms with Gasteiger partial charge in [-0.3, -0.25) is 9.97 Å². The van der Waals surface area contributed by atoms with Crippen molar-refractivity contribution in [2.24, 2.45) is 0 Å². The van der Waals surface area contributed by atoms with Crippen LogP contribution in [-0.4, -0.2) is 19.9 Å². The second-order valence-corrected chi connectivity index (χ2v) is 17.0. The highest BCUT2D eigenvalue weighted by atomic mass is 14.8. The molecular weight excluding hydrogens is 741 g/mol. The van der Waals surface area contributed by atoms with Gasteiger partial charge in [-0.15, -0.1) is 0 Å². The molecule has 1 aliphatic carbocycles. The number of nitrogens with zero attached hydrogens (tertiary/aromatic N) is 4. The summed E-state index contributed by atoms with van der Waals surface area (Å²) < 4.78 is 0. The minimum absolute atomic E-state index is 0.172. The molecule has 0 aliphatic heterocycles. The third-order valence-corrected chi connectivity index (χ3v) is 13.3. The van der Waals surface area contributed by atoms with Crippen LogP contribution in [0.5, 0.6) is 0 Å². The third-order valence-electron chi connectivity index (χ3n) is 13.3. The maximum Gasteiger partial charge on any atom is 0.0972 e. The van der Waals surface area contributed by atoms with Gasteiger partial charge < -0.3 is 0 Å². The van der Waals surface area contributed by atoms with E-state index in [2.05, 4.69) is 177 Å². The molecular formula is C57H36N4. The largest absolute Gasteiger partial charge is 0.254 e. The van der Waals surface area contributed by atoms with Gasteiger partial charge in [0.05, 0.1) is 33.5 Å². The summed E-state index contributed by atoms with van der Waals surface area (Å²) in [5, 5.41) is 11.9. The van der Waals surface area contributed by atoms with Crippen LogP contribution < -0.4 is 0 Å². The zero-order valence-electron chi connectivity index (χ0n) is 33.6. The van der Waals surface area contributed by atoms with Gasteiger partial charge in [0.2, 0.25) is 0 Å². The molecule has 4 aromatic heterocycles. The number of aromatic nitrogens is 4. The Morgan fingerprint density at radius 3 is 1.51 bits per heavy atom. The zero-order valence-corrected chi connectivity index (χ0v) is 33.6. The Morgan fingerprint density at radius 1 is 0.328 bits per heavy atom. The van der Waals surface area contributed by atoms with E-state index in [0.717, 1.165) is 66.1 Å². The van der Waals surface area contributed by atoms with Crippen LogP contribution in [0.15, 0.2) is 182 Å². The molecule has 1 aliphatic rings. The van der Waals surface area contributed by atoms with Gasteiger partial charge >= 0.3 is 0 Å². The average molecular weight is 777 g/mol. The SMILES string of the molecule is CC1(C)c2ccc(-c3cccc(-c4ccc5ccc6cccnc6c5n4)c3)cc2-c2cc3c4ccccc4c4cc(-c5ccc6ccc7cccnc7c6n5)ccc4c3cc21. The first-order chi connectivity index (χ1) is 30.0. The van der Waals surface area contributed by atoms with Gasteiger partial charge in [-0.05, 0) is 120 Å². The lowest BCUT2D eigenvalue weighted by molar-refractivity contribution is 0.661. The Hall–Kier alpha value is -7.82. The predicted octanol–water partition coefficient (Wildman–Crippen LogP) is 14.6. The molecule has 0 unspecified atom stereocenters. The first kappa shape index (κ1) is 34.1. The van der Waals surface area contributed by atoms with E-state index in [1.165, 1.54) is 65.7 Å². The molecule has 0 fully saturated rings. The molecule has 0 amide bonds. The molecule has 13 rings (SSSR count). The first-order valence-electron chi connectivity index (χ1n) is 20.9. The van der Waals surface area contributed by atoms with E-state index in [-0.39, 0.29) is 5.41 Å². The summed E-state index contributed by atoms with van der Waals surface area (Å²) in [6, 6.07) is 61.8. The molecule has 0 saturated heterocycles. The smallest absolute Gasteiger partial charge is 0.0972 e. The van der Waals surface area contributed by atoms with E-state index < -0.39 is 0 Å². The van der Waals surface area contributed by atoms with Crippen LogP contribution in [0.25, 0.3) is 121 Å². The van der Waals surface area contributed by atoms with Crippen molar-refractivity contribution in [1.82, 2.24) is 19.9 Å². The second-order valence-electron chi connectivity index (χ2n) is 17.0. The van der Waals surface area contributed by atoms with Crippen LogP contribution in [0.4, 0.5) is 0 Å². The van der Waals surface area contributed by atoms with E-state index >= 15 is 0 Å². The van der Waals surface area contributed by atoms with E-state index in [9.17, 15) is 0 Å². The normalized spacial score (nSPS) is 13.2. The van der Waals surface area contributed by atoms with Crippen LogP contribution in [0.2, 0.25) is 0 Å². The van der Waals surface area contributed by atoms with Gasteiger partial charge in [-0.1, -0.05) is 129 Å². The molecule has 0 atom stereocenters. The highest BCUT2D eigenvalue weighted by molar-refractivity contribution is 6.26. The van der Waals surface area contributed by atoms with Crippen molar-refractivity contribution in [1.29, 1.82) is 0 Å². The molecule has 0 bridgehead atoms. The summed E-state index contributed by atoms with van der Waals surface area (Å²) in [6.45, 7) is 4.75. The lowest BCUT2D eigenvalue weighted by Crippen LogP contribution is -2.14. The third kappa shape index (κ3) is 5.06. The first-order valence-corrected chi connectivity index (χ1v) is 20.9. The van der Waals surface area contributed by atoms with E-state index in [1.807, 2.05) is 24.5 Å². The summed E-state index contributed by atoms with van der Waals surface area (Å²) >= 11 is 0. The van der Waals surface area contributed by atoms with E-state index in [4.69, 9.17) is 15.0 Å². The Balaban J connectivity index is 0.942. The Kier molecular flexibility index (Phi) is 7.04. The summed E-state index contributed by atoms with van der Waals surface area (Å²) in [6.07, 6.45) is 3.69. The van der Waals surface area contributed by atoms with Crippen LogP contribution >= 0.6 is 0 Å². The topological polar surface area (TPSA) is 51.6 Å².